The van der Waals surface area contributed by atoms with Crippen LogP contribution in [0, 0.1) is 11.7 Å². The molecule has 4 aromatic carbocycles. The van der Waals surface area contributed by atoms with Gasteiger partial charge in [-0.15, -0.1) is 11.6 Å². The van der Waals surface area contributed by atoms with E-state index in [2.05, 4.69) is 44.4 Å². The molecule has 3 aliphatic rings. The number of hydrogen-bond donors (Lipinski definition) is 2. The first-order valence-electron chi connectivity index (χ1n) is 22.2. The summed E-state index contributed by atoms with van der Waals surface area (Å²) in [7, 11) is 0. The van der Waals surface area contributed by atoms with E-state index in [9.17, 15) is 24.0 Å². The Hall–Kier alpha value is -5.96. The number of aromatic amines is 1. The topological polar surface area (TPSA) is 142 Å². The number of nitrogens with one attached hydrogen (secondary N) is 2. The van der Waals surface area contributed by atoms with E-state index in [0.717, 1.165) is 63.1 Å². The number of carbonyl (C=O) groups excluding carboxylic acids is 4. The maximum atomic E-state index is 15.1. The Balaban J connectivity index is 0.774. The second-order valence-corrected chi connectivity index (χ2v) is 17.3. The molecule has 2 N–H and O–H groups in total. The van der Waals surface area contributed by atoms with Crippen molar-refractivity contribution in [3.63, 3.8) is 0 Å². The lowest BCUT2D eigenvalue weighted by Crippen LogP contribution is -2.55. The molecule has 334 valence electrons. The second kappa shape index (κ2) is 20.3. The molecule has 0 unspecified atom stereocenters. The zero-order valence-corrected chi connectivity index (χ0v) is 36.9. The van der Waals surface area contributed by atoms with E-state index in [4.69, 9.17) is 11.6 Å². The van der Waals surface area contributed by atoms with Gasteiger partial charge in [0.15, 0.2) is 0 Å². The number of aromatic nitrogens is 2. The molecule has 0 atom stereocenters. The van der Waals surface area contributed by atoms with Crippen molar-refractivity contribution in [2.75, 3.05) is 89.7 Å². The van der Waals surface area contributed by atoms with Gasteiger partial charge < -0.3 is 24.9 Å². The molecule has 8 rings (SSSR count). The quantitative estimate of drug-likeness (QED) is 0.156. The molecule has 3 fully saturated rings. The van der Waals surface area contributed by atoms with Crippen LogP contribution in [0.4, 0.5) is 10.1 Å². The van der Waals surface area contributed by atoms with Gasteiger partial charge in [-0.05, 0) is 77.8 Å². The molecule has 5 aromatic rings. The maximum absolute atomic E-state index is 15.1. The van der Waals surface area contributed by atoms with Crippen LogP contribution in [0.5, 0.6) is 0 Å². The number of likely N-dealkylation sites (tertiary alicyclic amines) is 1. The monoisotopic (exact) mass is 888 g/mol. The van der Waals surface area contributed by atoms with Gasteiger partial charge in [-0.25, -0.2) is 9.49 Å². The van der Waals surface area contributed by atoms with Crippen molar-refractivity contribution in [1.82, 2.24) is 34.7 Å². The number of H-pyrrole nitrogens is 1. The average molecular weight is 889 g/mol. The largest absolute Gasteiger partial charge is 0.339 e. The summed E-state index contributed by atoms with van der Waals surface area (Å²) in [6.45, 7) is 9.25. The highest BCUT2D eigenvalue weighted by Crippen LogP contribution is 2.30. The van der Waals surface area contributed by atoms with Crippen LogP contribution in [-0.4, -0.2) is 143 Å². The third kappa shape index (κ3) is 10.4. The summed E-state index contributed by atoms with van der Waals surface area (Å²) in [5.41, 5.74) is 5.07. The molecule has 4 heterocycles. The molecule has 0 saturated carbocycles. The Morgan fingerprint density at radius 1 is 0.719 bits per heavy atom. The molecule has 4 amide bonds. The smallest absolute Gasteiger partial charge is 0.272 e. The minimum Gasteiger partial charge on any atom is -0.339 e. The van der Waals surface area contributed by atoms with E-state index >= 15 is 4.39 Å². The van der Waals surface area contributed by atoms with E-state index < -0.39 is 11.7 Å². The third-order valence-electron chi connectivity index (χ3n) is 12.9. The van der Waals surface area contributed by atoms with Crippen LogP contribution in [-0.2, 0) is 22.4 Å². The molecule has 64 heavy (non-hydrogen) atoms. The Bertz CT molecular complexity index is 2580. The van der Waals surface area contributed by atoms with E-state index in [1.54, 1.807) is 40.1 Å². The highest BCUT2D eigenvalue weighted by atomic mass is 35.5. The van der Waals surface area contributed by atoms with Crippen LogP contribution in [0.15, 0.2) is 89.7 Å². The normalized spacial score (nSPS) is 16.6. The summed E-state index contributed by atoms with van der Waals surface area (Å²) >= 11 is 5.84. The van der Waals surface area contributed by atoms with Gasteiger partial charge in [0.25, 0.3) is 17.4 Å². The fraction of sp³-hybridized carbons (Fsp3) is 0.388. The predicted molar refractivity (Wildman–Crippen MR) is 246 cm³/mol. The standard InChI is InChI=1S/C49H54ClFN8O5/c1-2-33-6-5-7-36(26-33)37-11-12-40(43(29-37)52-45(60)30-50)48(63)58-16-14-34(15-17-58)31-55-18-20-56(21-19-55)32-46(61)57-22-24-59(25-23-57)49(64)41-27-35(10-13-42(41)51)28-44-38-8-3-4-9-39(38)47(62)54-53-44/h3-13,26-27,29,34H,2,14-25,28,30-32H2,1H3,(H,52,60)(H,54,62). The summed E-state index contributed by atoms with van der Waals surface area (Å²) < 4.78 is 15.1. The number of rotatable bonds is 12. The number of alkyl halides is 1. The first kappa shape index (κ1) is 44.6. The molecule has 3 aliphatic heterocycles. The third-order valence-corrected chi connectivity index (χ3v) is 13.1. The summed E-state index contributed by atoms with van der Waals surface area (Å²) in [6.07, 6.45) is 2.98. The van der Waals surface area contributed by atoms with Gasteiger partial charge in [-0.1, -0.05) is 61.5 Å². The van der Waals surface area contributed by atoms with E-state index in [1.807, 2.05) is 41.3 Å². The number of piperidine rings is 1. The maximum Gasteiger partial charge on any atom is 0.272 e. The van der Waals surface area contributed by atoms with E-state index in [-0.39, 0.29) is 34.7 Å². The number of carbonyl (C=O) groups is 4. The van der Waals surface area contributed by atoms with Crippen LogP contribution < -0.4 is 10.9 Å². The van der Waals surface area contributed by atoms with Crippen LogP contribution in [0.3, 0.4) is 0 Å². The molecule has 1 aromatic heterocycles. The summed E-state index contributed by atoms with van der Waals surface area (Å²) in [5, 5.41) is 10.8. The highest BCUT2D eigenvalue weighted by Gasteiger charge is 2.31. The molecule has 0 aliphatic carbocycles. The van der Waals surface area contributed by atoms with Gasteiger partial charge >= 0.3 is 0 Å². The van der Waals surface area contributed by atoms with Crippen molar-refractivity contribution in [3.05, 3.63) is 129 Å². The second-order valence-electron chi connectivity index (χ2n) is 17.0. The molecule has 0 radical (unpaired) electrons. The molecular weight excluding hydrogens is 835 g/mol. The summed E-state index contributed by atoms with van der Waals surface area (Å²) in [6, 6.07) is 25.5. The first-order valence-corrected chi connectivity index (χ1v) is 22.7. The number of nitrogens with zero attached hydrogens (tertiary/aromatic N) is 6. The van der Waals surface area contributed by atoms with Crippen molar-refractivity contribution in [3.8, 4) is 11.1 Å². The number of benzene rings is 4. The van der Waals surface area contributed by atoms with Gasteiger partial charge in [0.2, 0.25) is 11.8 Å². The fourth-order valence-corrected chi connectivity index (χ4v) is 9.19. The highest BCUT2D eigenvalue weighted by molar-refractivity contribution is 6.29. The van der Waals surface area contributed by atoms with Crippen LogP contribution in [0.25, 0.3) is 21.9 Å². The van der Waals surface area contributed by atoms with E-state index in [1.165, 1.54) is 11.6 Å². The van der Waals surface area contributed by atoms with Crippen molar-refractivity contribution >= 4 is 51.7 Å². The Labute approximate surface area is 377 Å². The van der Waals surface area contributed by atoms with Crippen molar-refractivity contribution in [1.29, 1.82) is 0 Å². The van der Waals surface area contributed by atoms with Crippen molar-refractivity contribution in [2.24, 2.45) is 5.92 Å². The van der Waals surface area contributed by atoms with E-state index in [0.29, 0.717) is 91.4 Å². The molecule has 15 heteroatoms. The minimum atomic E-state index is -0.609. The lowest BCUT2D eigenvalue weighted by atomic mass is 9.94. The minimum absolute atomic E-state index is 0.0251. The molecular formula is C49H54ClFN8O5. The Kier molecular flexibility index (Phi) is 14.1. The predicted octanol–water partition coefficient (Wildman–Crippen LogP) is 5.51. The molecule has 13 nitrogen and oxygen atoms in total. The zero-order chi connectivity index (χ0) is 44.7. The van der Waals surface area contributed by atoms with Crippen molar-refractivity contribution in [2.45, 2.75) is 32.6 Å². The number of fused-ring (bicyclic) bond motifs is 1. The van der Waals surface area contributed by atoms with Crippen molar-refractivity contribution < 1.29 is 23.6 Å². The van der Waals surface area contributed by atoms with Gasteiger partial charge in [-0.2, -0.15) is 5.10 Å². The van der Waals surface area contributed by atoms with Gasteiger partial charge in [0.1, 0.15) is 11.7 Å². The SMILES string of the molecule is CCc1cccc(-c2ccc(C(=O)N3CCC(CN4CCN(CC(=O)N5CCN(C(=O)c6cc(Cc7n[nH]c(=O)c8ccccc78)ccc6F)CC5)CC4)CC3)c(NC(=O)CCl)c2)c1. The number of halogens is 2. The van der Waals surface area contributed by atoms with Crippen LogP contribution in [0.2, 0.25) is 0 Å². The van der Waals surface area contributed by atoms with Gasteiger partial charge in [-0.3, -0.25) is 28.9 Å². The van der Waals surface area contributed by atoms with Gasteiger partial charge in [0.05, 0.1) is 34.4 Å². The lowest BCUT2D eigenvalue weighted by Gasteiger charge is -2.40. The average Bonchev–Trinajstić information content (AvgIpc) is 3.33. The number of hydrogen-bond acceptors (Lipinski definition) is 8. The Morgan fingerprint density at radius 2 is 1.39 bits per heavy atom. The molecule has 3 saturated heterocycles. The Morgan fingerprint density at radius 3 is 2.12 bits per heavy atom. The number of anilines is 1. The van der Waals surface area contributed by atoms with Gasteiger partial charge in [0, 0.05) is 83.8 Å². The zero-order valence-electron chi connectivity index (χ0n) is 36.2. The lowest BCUT2D eigenvalue weighted by molar-refractivity contribution is -0.134. The summed E-state index contributed by atoms with van der Waals surface area (Å²) in [4.78, 5) is 75.3. The molecule has 0 bridgehead atoms. The molecule has 0 spiro atoms. The number of aryl methyl sites for hydroxylation is 1. The van der Waals surface area contributed by atoms with Crippen LogP contribution >= 0.6 is 11.6 Å². The summed E-state index contributed by atoms with van der Waals surface area (Å²) in [5.74, 6) is -1.22. The van der Waals surface area contributed by atoms with Crippen LogP contribution in [0.1, 0.15) is 57.3 Å². The first-order chi connectivity index (χ1) is 31.1. The number of piperazine rings is 2. The fourth-order valence-electron chi connectivity index (χ4n) is 9.12. The number of amides is 4.